The third-order valence-corrected chi connectivity index (χ3v) is 1.89. The monoisotopic (exact) mass is 192 g/mol. The van der Waals surface area contributed by atoms with Crippen LogP contribution in [0.2, 0.25) is 5.28 Å². The molecule has 0 aliphatic carbocycles. The van der Waals surface area contributed by atoms with Crippen LogP contribution < -0.4 is 0 Å². The van der Waals surface area contributed by atoms with Crippen molar-refractivity contribution in [2.75, 3.05) is 0 Å². The molecule has 0 unspecified atom stereocenters. The number of fused-ring (bicyclic) bond motifs is 1. The molecule has 3 nitrogen and oxygen atoms in total. The molecule has 0 fully saturated rings. The van der Waals surface area contributed by atoms with Crippen LogP contribution in [0.15, 0.2) is 24.4 Å². The van der Waals surface area contributed by atoms with Gasteiger partial charge in [0.2, 0.25) is 5.28 Å². The van der Waals surface area contributed by atoms with Crippen LogP contribution in [0.4, 0.5) is 0 Å². The normalized spacial score (nSPS) is 10.2. The molecule has 0 radical (unpaired) electrons. The summed E-state index contributed by atoms with van der Waals surface area (Å²) >= 11 is 5.60. The van der Waals surface area contributed by atoms with E-state index < -0.39 is 0 Å². The van der Waals surface area contributed by atoms with E-state index in [0.29, 0.717) is 5.56 Å². The average Bonchev–Trinajstić information content (AvgIpc) is 2.17. The zero-order valence-corrected chi connectivity index (χ0v) is 7.32. The van der Waals surface area contributed by atoms with E-state index in [4.69, 9.17) is 11.6 Å². The number of aromatic nitrogens is 2. The molecule has 1 heterocycles. The molecule has 64 valence electrons. The summed E-state index contributed by atoms with van der Waals surface area (Å²) in [6, 6.07) is 5.16. The van der Waals surface area contributed by atoms with Crippen LogP contribution >= 0.6 is 11.6 Å². The van der Waals surface area contributed by atoms with Crippen LogP contribution in [0.25, 0.3) is 10.9 Å². The Labute approximate surface area is 79.4 Å². The Bertz CT molecular complexity index is 470. The second-order valence-corrected chi connectivity index (χ2v) is 2.91. The molecule has 1 aromatic carbocycles. The number of hydrogen-bond donors (Lipinski definition) is 0. The summed E-state index contributed by atoms with van der Waals surface area (Å²) in [4.78, 5) is 18.3. The lowest BCUT2D eigenvalue weighted by atomic mass is 10.2. The summed E-state index contributed by atoms with van der Waals surface area (Å²) < 4.78 is 0. The SMILES string of the molecule is O=Cc1ccc2nc(Cl)ncc2c1. The van der Waals surface area contributed by atoms with Gasteiger partial charge in [-0.05, 0) is 29.8 Å². The highest BCUT2D eigenvalue weighted by atomic mass is 35.5. The Balaban J connectivity index is 2.73. The summed E-state index contributed by atoms with van der Waals surface area (Å²) in [6.07, 6.45) is 2.38. The number of halogens is 1. The molecule has 2 aromatic rings. The van der Waals surface area contributed by atoms with E-state index in [1.165, 1.54) is 0 Å². The van der Waals surface area contributed by atoms with Crippen molar-refractivity contribution in [3.05, 3.63) is 35.2 Å². The van der Waals surface area contributed by atoms with E-state index in [2.05, 4.69) is 9.97 Å². The lowest BCUT2D eigenvalue weighted by molar-refractivity contribution is 0.112. The first-order valence-electron chi connectivity index (χ1n) is 3.67. The highest BCUT2D eigenvalue weighted by Crippen LogP contribution is 2.13. The van der Waals surface area contributed by atoms with Gasteiger partial charge in [0.1, 0.15) is 6.29 Å². The highest BCUT2D eigenvalue weighted by Gasteiger charge is 1.98. The Kier molecular flexibility index (Phi) is 1.94. The number of benzene rings is 1. The fraction of sp³-hybridized carbons (Fsp3) is 0. The van der Waals surface area contributed by atoms with Gasteiger partial charge in [-0.25, -0.2) is 9.97 Å². The molecule has 0 atom stereocenters. The van der Waals surface area contributed by atoms with E-state index >= 15 is 0 Å². The molecular weight excluding hydrogens is 188 g/mol. The Morgan fingerprint density at radius 2 is 2.23 bits per heavy atom. The van der Waals surface area contributed by atoms with Gasteiger partial charge in [0.15, 0.2) is 0 Å². The summed E-state index contributed by atoms with van der Waals surface area (Å²) in [6.45, 7) is 0. The molecule has 0 amide bonds. The fourth-order valence-electron chi connectivity index (χ4n) is 1.10. The summed E-state index contributed by atoms with van der Waals surface area (Å²) in [5.74, 6) is 0. The van der Waals surface area contributed by atoms with Crippen LogP contribution in [0.5, 0.6) is 0 Å². The van der Waals surface area contributed by atoms with Crippen molar-refractivity contribution in [2.24, 2.45) is 0 Å². The van der Waals surface area contributed by atoms with E-state index in [-0.39, 0.29) is 5.28 Å². The maximum Gasteiger partial charge on any atom is 0.222 e. The van der Waals surface area contributed by atoms with Crippen molar-refractivity contribution in [2.45, 2.75) is 0 Å². The zero-order chi connectivity index (χ0) is 9.26. The molecule has 13 heavy (non-hydrogen) atoms. The van der Waals surface area contributed by atoms with Gasteiger partial charge in [0.25, 0.3) is 0 Å². The Morgan fingerprint density at radius 1 is 1.38 bits per heavy atom. The summed E-state index contributed by atoms with van der Waals surface area (Å²) in [5.41, 5.74) is 1.35. The minimum atomic E-state index is 0.214. The number of carbonyl (C=O) groups excluding carboxylic acids is 1. The Morgan fingerprint density at radius 3 is 3.00 bits per heavy atom. The topological polar surface area (TPSA) is 42.9 Å². The van der Waals surface area contributed by atoms with Crippen molar-refractivity contribution < 1.29 is 4.79 Å². The molecule has 0 N–H and O–H groups in total. The van der Waals surface area contributed by atoms with E-state index in [1.54, 1.807) is 24.4 Å². The standard InChI is InChI=1S/C9H5ClN2O/c10-9-11-4-7-3-6(5-13)1-2-8(7)12-9/h1-5H. The van der Waals surface area contributed by atoms with Crippen LogP contribution in [-0.4, -0.2) is 16.3 Å². The van der Waals surface area contributed by atoms with E-state index in [0.717, 1.165) is 17.2 Å². The molecule has 0 aliphatic heterocycles. The highest BCUT2D eigenvalue weighted by molar-refractivity contribution is 6.28. The maximum atomic E-state index is 10.5. The number of rotatable bonds is 1. The van der Waals surface area contributed by atoms with Crippen molar-refractivity contribution in [1.29, 1.82) is 0 Å². The van der Waals surface area contributed by atoms with Gasteiger partial charge in [0, 0.05) is 17.1 Å². The minimum Gasteiger partial charge on any atom is -0.298 e. The van der Waals surface area contributed by atoms with E-state index in [1.807, 2.05) is 0 Å². The van der Waals surface area contributed by atoms with Gasteiger partial charge in [-0.1, -0.05) is 0 Å². The first-order chi connectivity index (χ1) is 6.29. The summed E-state index contributed by atoms with van der Waals surface area (Å²) in [5, 5.41) is 1.03. The van der Waals surface area contributed by atoms with Gasteiger partial charge in [-0.15, -0.1) is 0 Å². The molecule has 1 aromatic heterocycles. The molecule has 0 aliphatic rings. The molecular formula is C9H5ClN2O. The average molecular weight is 193 g/mol. The van der Waals surface area contributed by atoms with Crippen molar-refractivity contribution >= 4 is 28.8 Å². The van der Waals surface area contributed by atoms with Gasteiger partial charge < -0.3 is 0 Å². The second-order valence-electron chi connectivity index (χ2n) is 2.58. The largest absolute Gasteiger partial charge is 0.298 e. The predicted molar refractivity (Wildman–Crippen MR) is 49.9 cm³/mol. The van der Waals surface area contributed by atoms with Crippen molar-refractivity contribution in [3.8, 4) is 0 Å². The smallest absolute Gasteiger partial charge is 0.222 e. The van der Waals surface area contributed by atoms with Gasteiger partial charge in [-0.2, -0.15) is 0 Å². The Hall–Kier alpha value is -1.48. The lowest BCUT2D eigenvalue weighted by Gasteiger charge is -1.96. The van der Waals surface area contributed by atoms with Crippen LogP contribution in [-0.2, 0) is 0 Å². The fourth-order valence-corrected chi connectivity index (χ4v) is 1.24. The predicted octanol–water partition coefficient (Wildman–Crippen LogP) is 2.10. The van der Waals surface area contributed by atoms with Crippen LogP contribution in [0, 0.1) is 0 Å². The van der Waals surface area contributed by atoms with Crippen LogP contribution in [0.3, 0.4) is 0 Å². The third-order valence-electron chi connectivity index (χ3n) is 1.71. The van der Waals surface area contributed by atoms with Gasteiger partial charge >= 0.3 is 0 Å². The lowest BCUT2D eigenvalue weighted by Crippen LogP contribution is -1.85. The first-order valence-corrected chi connectivity index (χ1v) is 4.05. The van der Waals surface area contributed by atoms with Crippen LogP contribution in [0.1, 0.15) is 10.4 Å². The third kappa shape index (κ3) is 1.51. The first kappa shape index (κ1) is 8.13. The molecule has 0 bridgehead atoms. The second kappa shape index (κ2) is 3.11. The molecule has 4 heteroatoms. The number of carbonyl (C=O) groups is 1. The van der Waals surface area contributed by atoms with Gasteiger partial charge in [0.05, 0.1) is 5.52 Å². The van der Waals surface area contributed by atoms with E-state index in [9.17, 15) is 4.79 Å². The quantitative estimate of drug-likeness (QED) is 0.513. The van der Waals surface area contributed by atoms with Crippen molar-refractivity contribution in [3.63, 3.8) is 0 Å². The van der Waals surface area contributed by atoms with Crippen molar-refractivity contribution in [1.82, 2.24) is 9.97 Å². The summed E-state index contributed by atoms with van der Waals surface area (Å²) in [7, 11) is 0. The molecule has 0 saturated carbocycles. The number of hydrogen-bond acceptors (Lipinski definition) is 3. The number of nitrogens with zero attached hydrogens (tertiary/aromatic N) is 2. The molecule has 0 saturated heterocycles. The molecule has 0 spiro atoms. The minimum absolute atomic E-state index is 0.214. The maximum absolute atomic E-state index is 10.5. The zero-order valence-electron chi connectivity index (χ0n) is 6.57. The molecule has 2 rings (SSSR count). The number of aldehydes is 1. The van der Waals surface area contributed by atoms with Gasteiger partial charge in [-0.3, -0.25) is 4.79 Å².